The predicted octanol–water partition coefficient (Wildman–Crippen LogP) is 9.94. The van der Waals surface area contributed by atoms with E-state index in [2.05, 4.69) is 13.8 Å². The summed E-state index contributed by atoms with van der Waals surface area (Å²) in [5, 5.41) is 22.2. The fraction of sp³-hybridized carbons (Fsp3) is 0.581. The highest BCUT2D eigenvalue weighted by Crippen LogP contribution is 2.30. The van der Waals surface area contributed by atoms with Gasteiger partial charge in [-0.25, -0.2) is 4.79 Å². The van der Waals surface area contributed by atoms with Crippen LogP contribution < -0.4 is 0 Å². The standard InChI is InChI=1S/C31H44N2O7/c1-3-5-7-9-11-13-15-29(25-17-21-27(22-18-25)32(35)36)39-31(34)40-30(16-14-12-10-8-6-4-2)26-19-23-28(24-20-26)33(37)38/h17-24,29-30H,3-16H2,1-2H3. The van der Waals surface area contributed by atoms with Crippen LogP contribution in [0.25, 0.3) is 0 Å². The van der Waals surface area contributed by atoms with Gasteiger partial charge in [-0.05, 0) is 61.1 Å². The molecule has 0 saturated carbocycles. The van der Waals surface area contributed by atoms with Gasteiger partial charge in [0.25, 0.3) is 11.4 Å². The first kappa shape index (κ1) is 32.7. The minimum Gasteiger partial charge on any atom is -0.426 e. The van der Waals surface area contributed by atoms with Crippen LogP contribution in [0.2, 0.25) is 0 Å². The zero-order valence-electron chi connectivity index (χ0n) is 23.9. The van der Waals surface area contributed by atoms with Gasteiger partial charge in [-0.3, -0.25) is 20.2 Å². The van der Waals surface area contributed by atoms with E-state index < -0.39 is 28.2 Å². The van der Waals surface area contributed by atoms with Gasteiger partial charge < -0.3 is 9.47 Å². The minimum absolute atomic E-state index is 0.0261. The lowest BCUT2D eigenvalue weighted by Gasteiger charge is -2.22. The molecule has 9 heteroatoms. The lowest BCUT2D eigenvalue weighted by molar-refractivity contribution is -0.385. The molecule has 2 aromatic carbocycles. The van der Waals surface area contributed by atoms with Crippen molar-refractivity contribution >= 4 is 17.5 Å². The second kappa shape index (κ2) is 18.7. The Kier molecular flexibility index (Phi) is 15.3. The first-order valence-electron chi connectivity index (χ1n) is 14.7. The Morgan fingerprint density at radius 2 is 0.925 bits per heavy atom. The number of unbranched alkanes of at least 4 members (excludes halogenated alkanes) is 10. The highest BCUT2D eigenvalue weighted by Gasteiger charge is 2.23. The number of benzene rings is 2. The number of ether oxygens (including phenoxy) is 2. The third-order valence-electron chi connectivity index (χ3n) is 7.07. The number of nitro groups is 2. The van der Waals surface area contributed by atoms with Gasteiger partial charge in [0.1, 0.15) is 12.2 Å². The van der Waals surface area contributed by atoms with E-state index in [1.165, 1.54) is 37.1 Å². The van der Waals surface area contributed by atoms with Crippen LogP contribution in [-0.2, 0) is 9.47 Å². The molecular weight excluding hydrogens is 512 g/mol. The SMILES string of the molecule is CCCCCCCCC(OC(=O)OC(CCCCCCCC)c1ccc([N+](=O)[O-])cc1)c1ccc([N+](=O)[O-])cc1. The Morgan fingerprint density at radius 1 is 0.600 bits per heavy atom. The Hall–Kier alpha value is -3.49. The van der Waals surface area contributed by atoms with Gasteiger partial charge in [-0.1, -0.05) is 78.1 Å². The van der Waals surface area contributed by atoms with Crippen LogP contribution in [0.5, 0.6) is 0 Å². The zero-order chi connectivity index (χ0) is 29.2. The number of non-ortho nitro benzene ring substituents is 2. The maximum Gasteiger partial charge on any atom is 0.509 e. The Bertz CT molecular complexity index is 943. The van der Waals surface area contributed by atoms with E-state index in [1.54, 1.807) is 24.3 Å². The average molecular weight is 557 g/mol. The molecule has 0 aromatic heterocycles. The maximum atomic E-state index is 13.0. The zero-order valence-corrected chi connectivity index (χ0v) is 23.9. The molecule has 9 nitrogen and oxygen atoms in total. The fourth-order valence-corrected chi connectivity index (χ4v) is 4.69. The van der Waals surface area contributed by atoms with E-state index in [0.29, 0.717) is 24.0 Å². The Balaban J connectivity index is 2.10. The third-order valence-corrected chi connectivity index (χ3v) is 7.07. The van der Waals surface area contributed by atoms with Gasteiger partial charge in [-0.15, -0.1) is 0 Å². The molecule has 2 aromatic rings. The predicted molar refractivity (Wildman–Crippen MR) is 155 cm³/mol. The van der Waals surface area contributed by atoms with Crippen LogP contribution in [0.4, 0.5) is 16.2 Å². The molecule has 0 N–H and O–H groups in total. The van der Waals surface area contributed by atoms with Crippen molar-refractivity contribution in [3.63, 3.8) is 0 Å². The summed E-state index contributed by atoms with van der Waals surface area (Å²) in [6.07, 6.45) is 12.1. The van der Waals surface area contributed by atoms with Crippen LogP contribution in [0, 0.1) is 20.2 Å². The van der Waals surface area contributed by atoms with E-state index in [4.69, 9.17) is 9.47 Å². The molecule has 0 radical (unpaired) electrons. The van der Waals surface area contributed by atoms with Gasteiger partial charge in [0.2, 0.25) is 0 Å². The molecule has 0 amide bonds. The van der Waals surface area contributed by atoms with Crippen molar-refractivity contribution in [3.05, 3.63) is 79.9 Å². The minimum atomic E-state index is -0.816. The quantitative estimate of drug-likeness (QED) is 0.0688. The molecule has 0 bridgehead atoms. The number of nitrogens with zero attached hydrogens (tertiary/aromatic N) is 2. The van der Waals surface area contributed by atoms with Gasteiger partial charge in [0, 0.05) is 24.3 Å². The van der Waals surface area contributed by atoms with Crippen LogP contribution in [0.15, 0.2) is 48.5 Å². The molecule has 220 valence electrons. The molecule has 2 atom stereocenters. The number of nitro benzene ring substituents is 2. The van der Waals surface area contributed by atoms with E-state index in [-0.39, 0.29) is 11.4 Å². The number of carbonyl (C=O) groups excluding carboxylic acids is 1. The van der Waals surface area contributed by atoms with Crippen LogP contribution in [0.3, 0.4) is 0 Å². The Morgan fingerprint density at radius 3 is 1.25 bits per heavy atom. The van der Waals surface area contributed by atoms with Crippen molar-refractivity contribution in [2.45, 2.75) is 116 Å². The molecule has 0 heterocycles. The average Bonchev–Trinajstić information content (AvgIpc) is 2.95. The van der Waals surface area contributed by atoms with E-state index in [9.17, 15) is 25.0 Å². The second-order valence-corrected chi connectivity index (χ2v) is 10.3. The molecule has 0 spiro atoms. The van der Waals surface area contributed by atoms with Gasteiger partial charge in [0.15, 0.2) is 0 Å². The van der Waals surface area contributed by atoms with Crippen molar-refractivity contribution < 1.29 is 24.1 Å². The normalized spacial score (nSPS) is 12.4. The highest BCUT2D eigenvalue weighted by molar-refractivity contribution is 5.61. The molecule has 0 aliphatic rings. The number of hydrogen-bond acceptors (Lipinski definition) is 7. The first-order chi connectivity index (χ1) is 19.3. The summed E-state index contributed by atoms with van der Waals surface area (Å²) in [6.45, 7) is 4.33. The monoisotopic (exact) mass is 556 g/mol. The second-order valence-electron chi connectivity index (χ2n) is 10.3. The lowest BCUT2D eigenvalue weighted by atomic mass is 10.0. The molecule has 40 heavy (non-hydrogen) atoms. The number of carbonyl (C=O) groups is 1. The van der Waals surface area contributed by atoms with Crippen molar-refractivity contribution in [1.29, 1.82) is 0 Å². The van der Waals surface area contributed by atoms with Crippen LogP contribution in [0.1, 0.15) is 127 Å². The first-order valence-corrected chi connectivity index (χ1v) is 14.7. The van der Waals surface area contributed by atoms with E-state index in [0.717, 1.165) is 64.2 Å². The van der Waals surface area contributed by atoms with Gasteiger partial charge >= 0.3 is 6.16 Å². The summed E-state index contributed by atoms with van der Waals surface area (Å²) in [5.74, 6) is 0. The molecular formula is C31H44N2O7. The number of hydrogen-bond donors (Lipinski definition) is 0. The molecule has 0 aliphatic heterocycles. The van der Waals surface area contributed by atoms with Crippen molar-refractivity contribution in [1.82, 2.24) is 0 Å². The largest absolute Gasteiger partial charge is 0.509 e. The van der Waals surface area contributed by atoms with E-state index in [1.807, 2.05) is 0 Å². The van der Waals surface area contributed by atoms with Crippen LogP contribution in [-0.4, -0.2) is 16.0 Å². The molecule has 0 saturated heterocycles. The van der Waals surface area contributed by atoms with Crippen molar-refractivity contribution in [3.8, 4) is 0 Å². The fourth-order valence-electron chi connectivity index (χ4n) is 4.69. The van der Waals surface area contributed by atoms with E-state index >= 15 is 0 Å². The summed E-state index contributed by atoms with van der Waals surface area (Å²) >= 11 is 0. The molecule has 2 rings (SSSR count). The molecule has 0 aliphatic carbocycles. The van der Waals surface area contributed by atoms with Crippen molar-refractivity contribution in [2.24, 2.45) is 0 Å². The highest BCUT2D eigenvalue weighted by atomic mass is 16.7. The third kappa shape index (κ3) is 12.1. The Labute approximate surface area is 237 Å². The smallest absolute Gasteiger partial charge is 0.426 e. The van der Waals surface area contributed by atoms with Crippen LogP contribution >= 0.6 is 0 Å². The summed E-state index contributed by atoms with van der Waals surface area (Å²) in [7, 11) is 0. The van der Waals surface area contributed by atoms with Gasteiger partial charge in [-0.2, -0.15) is 0 Å². The summed E-state index contributed by atoms with van der Waals surface area (Å²) in [4.78, 5) is 34.3. The summed E-state index contributed by atoms with van der Waals surface area (Å²) in [5.41, 5.74) is 1.31. The molecule has 0 fully saturated rings. The number of rotatable bonds is 20. The van der Waals surface area contributed by atoms with Crippen molar-refractivity contribution in [2.75, 3.05) is 0 Å². The molecule has 2 unspecified atom stereocenters. The topological polar surface area (TPSA) is 122 Å². The summed E-state index contributed by atoms with van der Waals surface area (Å²) < 4.78 is 11.6. The summed E-state index contributed by atoms with van der Waals surface area (Å²) in [6, 6.07) is 12.1. The lowest BCUT2D eigenvalue weighted by Crippen LogP contribution is -2.17. The van der Waals surface area contributed by atoms with Gasteiger partial charge in [0.05, 0.1) is 9.85 Å². The maximum absolute atomic E-state index is 13.0.